The summed E-state index contributed by atoms with van der Waals surface area (Å²) in [5.41, 5.74) is -0.755. The van der Waals surface area contributed by atoms with E-state index in [0.717, 1.165) is 0 Å². The van der Waals surface area contributed by atoms with E-state index in [1.807, 2.05) is 0 Å². The molecule has 0 saturated heterocycles. The summed E-state index contributed by atoms with van der Waals surface area (Å²) in [7, 11) is -3.91. The molecule has 1 N–H and O–H groups in total. The average molecular weight is 302 g/mol. The third kappa shape index (κ3) is 4.06. The molecular formula is C10H11ClF3NO2S. The number of sulfonamides is 1. The molecule has 0 fully saturated rings. The fourth-order valence-electron chi connectivity index (χ4n) is 1.26. The molecule has 1 rings (SSSR count). The summed E-state index contributed by atoms with van der Waals surface area (Å²) in [5, 5.41) is 0. The molecule has 102 valence electrons. The van der Waals surface area contributed by atoms with Crippen molar-refractivity contribution in [2.75, 3.05) is 16.4 Å². The van der Waals surface area contributed by atoms with Crippen LogP contribution in [0.25, 0.3) is 0 Å². The van der Waals surface area contributed by atoms with Gasteiger partial charge in [0.2, 0.25) is 10.0 Å². The zero-order chi connectivity index (χ0) is 13.9. The minimum absolute atomic E-state index is 0.0981. The Bertz CT molecular complexity index is 536. The van der Waals surface area contributed by atoms with E-state index >= 15 is 0 Å². The standard InChI is InChI=1S/C10H11ClF3NO2S/c1-6(4-11)5-18(16,17)15-9-3-7(12)2-8(13)10(9)14/h2-3,6,15H,4-5H2,1H3. The highest BCUT2D eigenvalue weighted by Gasteiger charge is 2.19. The summed E-state index contributed by atoms with van der Waals surface area (Å²) < 4.78 is 63.9. The first-order chi connectivity index (χ1) is 8.25. The van der Waals surface area contributed by atoms with E-state index < -0.39 is 33.2 Å². The molecule has 1 aromatic rings. The maximum Gasteiger partial charge on any atom is 0.233 e. The van der Waals surface area contributed by atoms with Gasteiger partial charge in [0, 0.05) is 18.0 Å². The van der Waals surface area contributed by atoms with Gasteiger partial charge in [-0.25, -0.2) is 21.6 Å². The monoisotopic (exact) mass is 301 g/mol. The normalized spacial score (nSPS) is 13.4. The second kappa shape index (κ2) is 5.79. The Morgan fingerprint density at radius 3 is 2.50 bits per heavy atom. The van der Waals surface area contributed by atoms with Crippen molar-refractivity contribution >= 4 is 27.3 Å². The molecule has 1 atom stereocenters. The van der Waals surface area contributed by atoms with Gasteiger partial charge in [0.25, 0.3) is 0 Å². The number of hydrogen-bond donors (Lipinski definition) is 1. The van der Waals surface area contributed by atoms with Gasteiger partial charge in [-0.15, -0.1) is 11.6 Å². The van der Waals surface area contributed by atoms with Crippen LogP contribution in [0.4, 0.5) is 18.9 Å². The fourth-order valence-corrected chi connectivity index (χ4v) is 2.93. The van der Waals surface area contributed by atoms with Crippen molar-refractivity contribution in [3.05, 3.63) is 29.6 Å². The summed E-state index contributed by atoms with van der Waals surface area (Å²) in [5.74, 6) is -4.62. The molecule has 1 unspecified atom stereocenters. The van der Waals surface area contributed by atoms with Gasteiger partial charge in [-0.2, -0.15) is 0 Å². The second-order valence-corrected chi connectivity index (χ2v) is 5.97. The Kier molecular flexibility index (Phi) is 4.86. The van der Waals surface area contributed by atoms with E-state index in [4.69, 9.17) is 11.6 Å². The van der Waals surface area contributed by atoms with E-state index in [2.05, 4.69) is 0 Å². The van der Waals surface area contributed by atoms with E-state index in [-0.39, 0.29) is 17.6 Å². The van der Waals surface area contributed by atoms with Crippen molar-refractivity contribution < 1.29 is 21.6 Å². The van der Waals surface area contributed by atoms with Crippen LogP contribution in [0.3, 0.4) is 0 Å². The molecule has 18 heavy (non-hydrogen) atoms. The van der Waals surface area contributed by atoms with Crippen LogP contribution in [0.15, 0.2) is 12.1 Å². The molecule has 3 nitrogen and oxygen atoms in total. The lowest BCUT2D eigenvalue weighted by molar-refractivity contribution is 0.498. The van der Waals surface area contributed by atoms with Crippen LogP contribution >= 0.6 is 11.6 Å². The van der Waals surface area contributed by atoms with E-state index in [9.17, 15) is 21.6 Å². The summed E-state index contributed by atoms with van der Waals surface area (Å²) in [6, 6.07) is 0.899. The molecule has 0 bridgehead atoms. The Balaban J connectivity index is 2.97. The van der Waals surface area contributed by atoms with Gasteiger partial charge in [-0.3, -0.25) is 4.72 Å². The molecule has 8 heteroatoms. The topological polar surface area (TPSA) is 46.2 Å². The lowest BCUT2D eigenvalue weighted by atomic mass is 10.3. The molecule has 0 aliphatic heterocycles. The van der Waals surface area contributed by atoms with E-state index in [1.54, 1.807) is 11.6 Å². The molecule has 0 aliphatic rings. The summed E-state index contributed by atoms with van der Waals surface area (Å²) >= 11 is 5.46. The number of hydrogen-bond acceptors (Lipinski definition) is 2. The first-order valence-corrected chi connectivity index (χ1v) is 7.15. The highest BCUT2D eigenvalue weighted by molar-refractivity contribution is 7.92. The summed E-state index contributed by atoms with van der Waals surface area (Å²) in [4.78, 5) is 0. The van der Waals surface area contributed by atoms with Crippen LogP contribution in [-0.2, 0) is 10.0 Å². The van der Waals surface area contributed by atoms with Crippen LogP contribution in [0.2, 0.25) is 0 Å². The van der Waals surface area contributed by atoms with Crippen LogP contribution in [-0.4, -0.2) is 20.1 Å². The third-order valence-corrected chi connectivity index (χ3v) is 4.09. The van der Waals surface area contributed by atoms with E-state index in [1.165, 1.54) is 0 Å². The lowest BCUT2D eigenvalue weighted by Gasteiger charge is -2.12. The fraction of sp³-hybridized carbons (Fsp3) is 0.400. The average Bonchev–Trinajstić information content (AvgIpc) is 2.23. The largest absolute Gasteiger partial charge is 0.280 e. The molecule has 0 heterocycles. The third-order valence-electron chi connectivity index (χ3n) is 2.03. The molecule has 0 aliphatic carbocycles. The van der Waals surface area contributed by atoms with Gasteiger partial charge in [-0.05, 0) is 5.92 Å². The van der Waals surface area contributed by atoms with Crippen molar-refractivity contribution in [1.29, 1.82) is 0 Å². The van der Waals surface area contributed by atoms with Crippen molar-refractivity contribution in [2.24, 2.45) is 5.92 Å². The minimum Gasteiger partial charge on any atom is -0.280 e. The molecular weight excluding hydrogens is 291 g/mol. The number of rotatable bonds is 5. The summed E-state index contributed by atoms with van der Waals surface area (Å²) in [6.07, 6.45) is 0. The van der Waals surface area contributed by atoms with Gasteiger partial charge in [0.1, 0.15) is 5.82 Å². The predicted molar refractivity (Wildman–Crippen MR) is 63.6 cm³/mol. The predicted octanol–water partition coefficient (Wildman–Crippen LogP) is 2.72. The number of halogens is 4. The number of nitrogens with one attached hydrogen (secondary N) is 1. The minimum atomic E-state index is -3.91. The van der Waals surface area contributed by atoms with Crippen molar-refractivity contribution in [3.8, 4) is 0 Å². The summed E-state index contributed by atoms with van der Waals surface area (Å²) in [6.45, 7) is 1.58. The lowest BCUT2D eigenvalue weighted by Crippen LogP contribution is -2.23. The molecule has 0 aromatic heterocycles. The Hall–Kier alpha value is -0.950. The first kappa shape index (κ1) is 15.1. The maximum absolute atomic E-state index is 13.2. The highest BCUT2D eigenvalue weighted by atomic mass is 35.5. The van der Waals surface area contributed by atoms with Gasteiger partial charge in [-0.1, -0.05) is 6.92 Å². The quantitative estimate of drug-likeness (QED) is 0.671. The van der Waals surface area contributed by atoms with Gasteiger partial charge in [0.15, 0.2) is 11.6 Å². The van der Waals surface area contributed by atoms with E-state index in [0.29, 0.717) is 12.1 Å². The van der Waals surface area contributed by atoms with Gasteiger partial charge >= 0.3 is 0 Å². The molecule has 0 saturated carbocycles. The molecule has 0 amide bonds. The van der Waals surface area contributed by atoms with Crippen LogP contribution in [0.1, 0.15) is 6.92 Å². The second-order valence-electron chi connectivity index (χ2n) is 3.89. The van der Waals surface area contributed by atoms with Crippen molar-refractivity contribution in [3.63, 3.8) is 0 Å². The maximum atomic E-state index is 13.2. The van der Waals surface area contributed by atoms with Gasteiger partial charge in [0.05, 0.1) is 11.4 Å². The van der Waals surface area contributed by atoms with Crippen molar-refractivity contribution in [1.82, 2.24) is 0 Å². The zero-order valence-corrected chi connectivity index (χ0v) is 11.0. The van der Waals surface area contributed by atoms with Crippen LogP contribution in [0.5, 0.6) is 0 Å². The molecule has 1 aromatic carbocycles. The van der Waals surface area contributed by atoms with Crippen LogP contribution in [0, 0.1) is 23.4 Å². The highest BCUT2D eigenvalue weighted by Crippen LogP contribution is 2.20. The van der Waals surface area contributed by atoms with Crippen LogP contribution < -0.4 is 4.72 Å². The smallest absolute Gasteiger partial charge is 0.233 e. The SMILES string of the molecule is CC(CCl)CS(=O)(=O)Nc1cc(F)cc(F)c1F. The Labute approximate surface area is 108 Å². The Morgan fingerprint density at radius 2 is 1.94 bits per heavy atom. The number of alkyl halides is 1. The Morgan fingerprint density at radius 1 is 1.33 bits per heavy atom. The molecule has 0 radical (unpaired) electrons. The van der Waals surface area contributed by atoms with Crippen molar-refractivity contribution in [2.45, 2.75) is 6.92 Å². The zero-order valence-electron chi connectivity index (χ0n) is 9.38. The molecule has 0 spiro atoms. The number of benzene rings is 1. The first-order valence-electron chi connectivity index (χ1n) is 4.96. The van der Waals surface area contributed by atoms with Gasteiger partial charge < -0.3 is 0 Å². The number of anilines is 1.